The van der Waals surface area contributed by atoms with Crippen molar-refractivity contribution in [1.82, 2.24) is 34.7 Å². The molecular weight excluding hydrogens is 720 g/mol. The van der Waals surface area contributed by atoms with Crippen LogP contribution in [-0.4, -0.2) is 65.3 Å². The van der Waals surface area contributed by atoms with E-state index >= 15 is 4.39 Å². The summed E-state index contributed by atoms with van der Waals surface area (Å²) in [4.78, 5) is 38.0. The van der Waals surface area contributed by atoms with Crippen LogP contribution in [0.3, 0.4) is 0 Å². The van der Waals surface area contributed by atoms with Crippen molar-refractivity contribution in [2.75, 3.05) is 6.61 Å². The summed E-state index contributed by atoms with van der Waals surface area (Å²) in [6.07, 6.45) is -5.53. The van der Waals surface area contributed by atoms with Gasteiger partial charge in [-0.1, -0.05) is 44.5 Å². The zero-order chi connectivity index (χ0) is 37.8. The highest BCUT2D eigenvalue weighted by molar-refractivity contribution is 6.32. The highest BCUT2D eigenvalue weighted by atomic mass is 35.5. The van der Waals surface area contributed by atoms with Crippen molar-refractivity contribution in [3.05, 3.63) is 82.9 Å². The van der Waals surface area contributed by atoms with Gasteiger partial charge in [0.05, 0.1) is 41.0 Å². The van der Waals surface area contributed by atoms with E-state index in [1.807, 2.05) is 20.8 Å². The number of benzene rings is 2. The van der Waals surface area contributed by atoms with Crippen LogP contribution < -0.4 is 5.73 Å². The molecule has 2 N–H and O–H groups in total. The fraction of sp³-hybridized carbons (Fsp3) is 0.424. The molecule has 2 aromatic heterocycles. The summed E-state index contributed by atoms with van der Waals surface area (Å²) in [6, 6.07) is 6.58. The molecule has 2 atom stereocenters. The van der Waals surface area contributed by atoms with Crippen molar-refractivity contribution < 1.29 is 40.7 Å². The third kappa shape index (κ3) is 6.82. The molecule has 4 aromatic rings. The number of carbonyl (C=O) groups is 2. The first kappa shape index (κ1) is 36.8. The van der Waals surface area contributed by atoms with E-state index in [-0.39, 0.29) is 52.7 Å². The van der Waals surface area contributed by atoms with Crippen LogP contribution >= 0.6 is 11.6 Å². The molecule has 1 aliphatic carbocycles. The zero-order valence-corrected chi connectivity index (χ0v) is 28.7. The largest absolute Gasteiger partial charge is 0.463 e. The topological polar surface area (TPSA) is 146 Å². The van der Waals surface area contributed by atoms with E-state index < -0.39 is 71.6 Å². The van der Waals surface area contributed by atoms with E-state index in [4.69, 9.17) is 22.1 Å². The van der Waals surface area contributed by atoms with Crippen molar-refractivity contribution in [1.29, 1.82) is 0 Å². The Labute approximate surface area is 297 Å². The van der Waals surface area contributed by atoms with E-state index in [1.54, 1.807) is 0 Å². The number of rotatable bonds is 11. The van der Waals surface area contributed by atoms with E-state index in [9.17, 15) is 31.5 Å². The molecule has 2 aliphatic rings. The minimum atomic E-state index is -4.64. The van der Waals surface area contributed by atoms with E-state index in [0.717, 1.165) is 26.8 Å². The lowest BCUT2D eigenvalue weighted by Crippen LogP contribution is -2.47. The van der Waals surface area contributed by atoms with Crippen molar-refractivity contribution in [3.63, 3.8) is 0 Å². The van der Waals surface area contributed by atoms with Crippen LogP contribution in [0, 0.1) is 16.6 Å². The van der Waals surface area contributed by atoms with Gasteiger partial charge in [0.1, 0.15) is 18.6 Å². The zero-order valence-electron chi connectivity index (χ0n) is 27.9. The maximum Gasteiger partial charge on any atom is 0.395 e. The summed E-state index contributed by atoms with van der Waals surface area (Å²) in [7, 11) is 0. The Balaban J connectivity index is 1.43. The number of aromatic nitrogens is 6. The summed E-state index contributed by atoms with van der Waals surface area (Å²) in [5.74, 6) is -3.87. The standard InChI is InChI=1S/C33H32ClF6N9O3/c1-30(2,3)16-32(19-5-7-22(21(35)13-19)49-43-10-11-44-49)28(51)47(29(41)46-32)24(15-52-25(50)14-31(8-9-31)33(38,39)40)18-4-6-20(34)23(12-18)48-27(26(36)37)42-17-45-48/h4-7,10-13,17,24,26H,8-9,14-16H2,1-3H3,(H2,41,46)/t24-,32-/m1/s1. The summed E-state index contributed by atoms with van der Waals surface area (Å²) < 4.78 is 90.5. The van der Waals surface area contributed by atoms with Gasteiger partial charge in [0.2, 0.25) is 0 Å². The van der Waals surface area contributed by atoms with Crippen LogP contribution in [0.1, 0.15) is 75.9 Å². The Bertz CT molecular complexity index is 2030. The average molecular weight is 752 g/mol. The lowest BCUT2D eigenvalue weighted by Gasteiger charge is -2.35. The number of esters is 1. The number of halogens is 7. The van der Waals surface area contributed by atoms with Crippen molar-refractivity contribution in [3.8, 4) is 11.4 Å². The Hall–Kier alpha value is -5.00. The van der Waals surface area contributed by atoms with Gasteiger partial charge in [-0.2, -0.15) is 28.5 Å². The monoisotopic (exact) mass is 751 g/mol. The van der Waals surface area contributed by atoms with Gasteiger partial charge >= 0.3 is 12.1 Å². The molecule has 6 rings (SSSR count). The predicted octanol–water partition coefficient (Wildman–Crippen LogP) is 6.38. The van der Waals surface area contributed by atoms with Gasteiger partial charge in [0.25, 0.3) is 12.3 Å². The third-order valence-electron chi connectivity index (χ3n) is 8.97. The van der Waals surface area contributed by atoms with Gasteiger partial charge in [-0.25, -0.2) is 27.8 Å². The third-order valence-corrected chi connectivity index (χ3v) is 9.29. The molecule has 1 amide bonds. The number of hydrogen-bond acceptors (Lipinski definition) is 9. The number of amides is 1. The van der Waals surface area contributed by atoms with E-state index in [2.05, 4.69) is 25.3 Å². The first-order valence-corrected chi connectivity index (χ1v) is 16.3. The minimum Gasteiger partial charge on any atom is -0.463 e. The number of hydrogen-bond donors (Lipinski definition) is 1. The number of aliphatic imine (C=N–C) groups is 1. The fourth-order valence-corrected chi connectivity index (χ4v) is 6.55. The molecule has 0 saturated heterocycles. The van der Waals surface area contributed by atoms with Gasteiger partial charge in [-0.3, -0.25) is 14.5 Å². The molecular formula is C33H32ClF6N9O3. The first-order valence-electron chi connectivity index (χ1n) is 15.9. The normalized spacial score (nSPS) is 19.2. The molecule has 19 heteroatoms. The fourth-order valence-electron chi connectivity index (χ4n) is 6.36. The van der Waals surface area contributed by atoms with Gasteiger partial charge < -0.3 is 10.5 Å². The number of nitrogens with zero attached hydrogens (tertiary/aromatic N) is 8. The average Bonchev–Trinajstić information content (AvgIpc) is 3.37. The van der Waals surface area contributed by atoms with Crippen LogP contribution in [0.25, 0.3) is 11.4 Å². The summed E-state index contributed by atoms with van der Waals surface area (Å²) in [5, 5.41) is 11.7. The molecule has 2 aromatic carbocycles. The lowest BCUT2D eigenvalue weighted by molar-refractivity contribution is -0.195. The smallest absolute Gasteiger partial charge is 0.395 e. The highest BCUT2D eigenvalue weighted by Gasteiger charge is 2.64. The maximum absolute atomic E-state index is 15.6. The SMILES string of the molecule is CC(C)(C)C[C@]1(c2ccc(-n3nccn3)c(F)c2)N=C(N)N([C@H](COC(=O)CC2(C(F)(F)F)CC2)c2ccc(Cl)c(-n3ncnc3C(F)F)c2)C1=O. The van der Waals surface area contributed by atoms with Crippen molar-refractivity contribution in [2.24, 2.45) is 21.6 Å². The number of guanidine groups is 1. The lowest BCUT2D eigenvalue weighted by atomic mass is 9.75. The molecule has 1 fully saturated rings. The van der Waals surface area contributed by atoms with Crippen LogP contribution in [0.5, 0.6) is 0 Å². The number of alkyl halides is 5. The molecule has 12 nitrogen and oxygen atoms in total. The van der Waals surface area contributed by atoms with Crippen LogP contribution in [0.15, 0.2) is 60.1 Å². The second-order valence-corrected chi connectivity index (χ2v) is 14.3. The highest BCUT2D eigenvalue weighted by Crippen LogP contribution is 2.60. The molecule has 0 spiro atoms. The minimum absolute atomic E-state index is 0.00196. The molecule has 0 unspecified atom stereocenters. The molecule has 0 radical (unpaired) electrons. The Morgan fingerprint density at radius 1 is 1.04 bits per heavy atom. The molecule has 52 heavy (non-hydrogen) atoms. The Morgan fingerprint density at radius 3 is 2.33 bits per heavy atom. The second-order valence-electron chi connectivity index (χ2n) is 13.9. The van der Waals surface area contributed by atoms with Gasteiger partial charge in [-0.05, 0) is 60.1 Å². The molecule has 1 saturated carbocycles. The number of carbonyl (C=O) groups excluding carboxylic acids is 2. The van der Waals surface area contributed by atoms with E-state index in [0.29, 0.717) is 0 Å². The second kappa shape index (κ2) is 13.2. The Morgan fingerprint density at radius 2 is 1.73 bits per heavy atom. The Kier molecular flexibility index (Phi) is 9.34. The molecule has 1 aliphatic heterocycles. The number of ether oxygens (including phenoxy) is 1. The van der Waals surface area contributed by atoms with Crippen molar-refractivity contribution >= 4 is 29.4 Å². The maximum atomic E-state index is 15.6. The predicted molar refractivity (Wildman–Crippen MR) is 173 cm³/mol. The van der Waals surface area contributed by atoms with Gasteiger partial charge in [0.15, 0.2) is 23.1 Å². The van der Waals surface area contributed by atoms with Crippen molar-refractivity contribution in [2.45, 2.75) is 70.6 Å². The van der Waals surface area contributed by atoms with Crippen LogP contribution in [-0.2, 0) is 19.9 Å². The van der Waals surface area contributed by atoms with Crippen LogP contribution in [0.4, 0.5) is 26.3 Å². The summed E-state index contributed by atoms with van der Waals surface area (Å²) in [6.45, 7) is 4.75. The number of nitrogens with two attached hydrogens (primary N) is 1. The first-order chi connectivity index (χ1) is 24.4. The molecule has 3 heterocycles. The summed E-state index contributed by atoms with van der Waals surface area (Å²) in [5.41, 5.74) is 1.94. The van der Waals surface area contributed by atoms with Gasteiger partial charge in [0, 0.05) is 0 Å². The summed E-state index contributed by atoms with van der Waals surface area (Å²) >= 11 is 6.40. The van der Waals surface area contributed by atoms with Crippen LogP contribution in [0.2, 0.25) is 5.02 Å². The van der Waals surface area contributed by atoms with E-state index in [1.165, 1.54) is 42.7 Å². The quantitative estimate of drug-likeness (QED) is 0.137. The molecule has 0 bridgehead atoms. The molecule has 276 valence electrons. The van der Waals surface area contributed by atoms with Gasteiger partial charge in [-0.15, -0.1) is 4.80 Å².